The van der Waals surface area contributed by atoms with Gasteiger partial charge < -0.3 is 10.3 Å². The van der Waals surface area contributed by atoms with Gasteiger partial charge in [-0.3, -0.25) is 9.78 Å². The van der Waals surface area contributed by atoms with Gasteiger partial charge in [0.2, 0.25) is 0 Å². The first kappa shape index (κ1) is 15.1. The van der Waals surface area contributed by atoms with Gasteiger partial charge in [-0.2, -0.15) is 0 Å². The summed E-state index contributed by atoms with van der Waals surface area (Å²) in [7, 11) is 0. The Kier molecular flexibility index (Phi) is 3.69. The largest absolute Gasteiger partial charge is 0.366 e. The van der Waals surface area contributed by atoms with Gasteiger partial charge in [0.15, 0.2) is 0 Å². The molecule has 1 aliphatic rings. The van der Waals surface area contributed by atoms with Crippen LogP contribution in [0.5, 0.6) is 0 Å². The summed E-state index contributed by atoms with van der Waals surface area (Å²) in [5, 5.41) is 2.96. The predicted octanol–water partition coefficient (Wildman–Crippen LogP) is 3.49. The summed E-state index contributed by atoms with van der Waals surface area (Å²) in [6, 6.07) is 5.78. The molecular formula is C18H18N4OS. The molecule has 122 valence electrons. The highest BCUT2D eigenvalue weighted by Gasteiger charge is 2.26. The molecule has 1 aliphatic carbocycles. The number of carbonyl (C=O) groups is 1. The van der Waals surface area contributed by atoms with E-state index in [0.29, 0.717) is 11.5 Å². The Hall–Kier alpha value is -2.47. The first-order chi connectivity index (χ1) is 11.6. The van der Waals surface area contributed by atoms with Crippen LogP contribution in [0.1, 0.15) is 28.9 Å². The number of primary amides is 1. The van der Waals surface area contributed by atoms with E-state index in [0.717, 1.165) is 34.2 Å². The van der Waals surface area contributed by atoms with Gasteiger partial charge in [0.05, 0.1) is 17.0 Å². The van der Waals surface area contributed by atoms with Gasteiger partial charge in [0.25, 0.3) is 5.91 Å². The van der Waals surface area contributed by atoms with Gasteiger partial charge in [-0.15, -0.1) is 11.3 Å². The first-order valence-corrected chi connectivity index (χ1v) is 8.87. The minimum atomic E-state index is -0.383. The van der Waals surface area contributed by atoms with Gasteiger partial charge in [-0.05, 0) is 43.9 Å². The molecule has 1 fully saturated rings. The molecule has 0 radical (unpaired) electrons. The average Bonchev–Trinajstić information content (AvgIpc) is 3.16. The van der Waals surface area contributed by atoms with E-state index in [2.05, 4.69) is 9.55 Å². The Morgan fingerprint density at radius 1 is 1.46 bits per heavy atom. The van der Waals surface area contributed by atoms with Crippen LogP contribution < -0.4 is 5.73 Å². The van der Waals surface area contributed by atoms with Crippen LogP contribution in [0.25, 0.3) is 22.0 Å². The fraction of sp³-hybridized carbons (Fsp3) is 0.278. The SMILES string of the molecule is Cc1c(C(N)=O)cc(-c2csc(-c3cccnc3)n2)n1CC1CC1. The van der Waals surface area contributed by atoms with Gasteiger partial charge in [-0.25, -0.2) is 4.98 Å². The maximum atomic E-state index is 11.7. The minimum Gasteiger partial charge on any atom is -0.366 e. The Morgan fingerprint density at radius 3 is 2.96 bits per heavy atom. The Labute approximate surface area is 144 Å². The average molecular weight is 338 g/mol. The molecule has 0 unspecified atom stereocenters. The highest BCUT2D eigenvalue weighted by Crippen LogP contribution is 2.36. The Balaban J connectivity index is 1.77. The number of hydrogen-bond donors (Lipinski definition) is 1. The second-order valence-electron chi connectivity index (χ2n) is 6.23. The second kappa shape index (κ2) is 5.87. The summed E-state index contributed by atoms with van der Waals surface area (Å²) < 4.78 is 2.19. The van der Waals surface area contributed by atoms with E-state index in [4.69, 9.17) is 10.7 Å². The summed E-state index contributed by atoms with van der Waals surface area (Å²) in [6.45, 7) is 2.88. The van der Waals surface area contributed by atoms with Gasteiger partial charge in [0, 0.05) is 35.6 Å². The van der Waals surface area contributed by atoms with Crippen LogP contribution in [0.4, 0.5) is 0 Å². The number of nitrogens with two attached hydrogens (primary N) is 1. The zero-order chi connectivity index (χ0) is 16.7. The van der Waals surface area contributed by atoms with E-state index in [9.17, 15) is 4.79 Å². The lowest BCUT2D eigenvalue weighted by Crippen LogP contribution is -2.12. The molecule has 3 aromatic heterocycles. The van der Waals surface area contributed by atoms with Crippen LogP contribution in [0, 0.1) is 12.8 Å². The maximum Gasteiger partial charge on any atom is 0.250 e. The number of nitrogens with zero attached hydrogens (tertiary/aromatic N) is 3. The normalized spacial score (nSPS) is 14.0. The van der Waals surface area contributed by atoms with Crippen molar-refractivity contribution in [1.82, 2.24) is 14.5 Å². The van der Waals surface area contributed by atoms with Crippen molar-refractivity contribution in [2.24, 2.45) is 11.7 Å². The van der Waals surface area contributed by atoms with Gasteiger partial charge in [-0.1, -0.05) is 0 Å². The maximum absolute atomic E-state index is 11.7. The molecule has 0 spiro atoms. The molecule has 6 heteroatoms. The molecule has 3 heterocycles. The molecule has 3 aromatic rings. The molecule has 4 rings (SSSR count). The van der Waals surface area contributed by atoms with Crippen LogP contribution in [0.2, 0.25) is 0 Å². The third-order valence-corrected chi connectivity index (χ3v) is 5.34. The number of carbonyl (C=O) groups excluding carboxylic acids is 1. The molecule has 5 nitrogen and oxygen atoms in total. The zero-order valence-corrected chi connectivity index (χ0v) is 14.2. The van der Waals surface area contributed by atoms with E-state index < -0.39 is 0 Å². The second-order valence-corrected chi connectivity index (χ2v) is 7.08. The van der Waals surface area contributed by atoms with Crippen LogP contribution >= 0.6 is 11.3 Å². The van der Waals surface area contributed by atoms with Crippen molar-refractivity contribution in [1.29, 1.82) is 0 Å². The van der Waals surface area contributed by atoms with E-state index in [-0.39, 0.29) is 5.91 Å². The lowest BCUT2D eigenvalue weighted by atomic mass is 10.2. The summed E-state index contributed by atoms with van der Waals surface area (Å²) in [5.41, 5.74) is 9.91. The monoisotopic (exact) mass is 338 g/mol. The summed E-state index contributed by atoms with van der Waals surface area (Å²) in [6.07, 6.45) is 6.06. The van der Waals surface area contributed by atoms with Gasteiger partial charge >= 0.3 is 0 Å². The molecular weight excluding hydrogens is 320 g/mol. The van der Waals surface area contributed by atoms with Crippen molar-refractivity contribution in [2.75, 3.05) is 0 Å². The minimum absolute atomic E-state index is 0.383. The topological polar surface area (TPSA) is 73.8 Å². The lowest BCUT2D eigenvalue weighted by molar-refractivity contribution is 0.0999. The number of thiazole rings is 1. The van der Waals surface area contributed by atoms with Crippen molar-refractivity contribution >= 4 is 17.2 Å². The number of amides is 1. The van der Waals surface area contributed by atoms with Crippen molar-refractivity contribution < 1.29 is 4.79 Å². The predicted molar refractivity (Wildman–Crippen MR) is 94.7 cm³/mol. The standard InChI is InChI=1S/C18H18N4OS/c1-11-14(17(19)23)7-16(22(11)9-12-4-5-12)15-10-24-18(21-15)13-3-2-6-20-8-13/h2-3,6-8,10,12H,4-5,9H2,1H3,(H2,19,23). The van der Waals surface area contributed by atoms with Crippen LogP contribution in [0.3, 0.4) is 0 Å². The highest BCUT2D eigenvalue weighted by atomic mass is 32.1. The molecule has 0 saturated heterocycles. The van der Waals surface area contributed by atoms with E-state index in [1.165, 1.54) is 12.8 Å². The highest BCUT2D eigenvalue weighted by molar-refractivity contribution is 7.13. The fourth-order valence-electron chi connectivity index (χ4n) is 2.91. The van der Waals surface area contributed by atoms with Crippen molar-refractivity contribution in [3.8, 4) is 22.0 Å². The van der Waals surface area contributed by atoms with Gasteiger partial charge in [0.1, 0.15) is 5.01 Å². The number of hydrogen-bond acceptors (Lipinski definition) is 4. The van der Waals surface area contributed by atoms with Crippen LogP contribution in [-0.2, 0) is 6.54 Å². The van der Waals surface area contributed by atoms with Crippen molar-refractivity contribution in [3.63, 3.8) is 0 Å². The quantitative estimate of drug-likeness (QED) is 0.774. The van der Waals surface area contributed by atoms with Crippen molar-refractivity contribution in [2.45, 2.75) is 26.3 Å². The Bertz CT molecular complexity index is 893. The molecule has 0 bridgehead atoms. The lowest BCUT2D eigenvalue weighted by Gasteiger charge is -2.09. The molecule has 0 atom stereocenters. The van der Waals surface area contributed by atoms with E-state index in [1.807, 2.05) is 36.7 Å². The van der Waals surface area contributed by atoms with Crippen LogP contribution in [0.15, 0.2) is 36.0 Å². The fourth-order valence-corrected chi connectivity index (χ4v) is 3.72. The number of aromatic nitrogens is 3. The zero-order valence-electron chi connectivity index (χ0n) is 13.4. The van der Waals surface area contributed by atoms with Crippen LogP contribution in [-0.4, -0.2) is 20.4 Å². The summed E-state index contributed by atoms with van der Waals surface area (Å²) in [5.74, 6) is 0.318. The third-order valence-electron chi connectivity index (χ3n) is 4.44. The molecule has 24 heavy (non-hydrogen) atoms. The van der Waals surface area contributed by atoms with Crippen molar-refractivity contribution in [3.05, 3.63) is 47.2 Å². The molecule has 0 aromatic carbocycles. The Morgan fingerprint density at radius 2 is 2.29 bits per heavy atom. The van der Waals surface area contributed by atoms with E-state index >= 15 is 0 Å². The molecule has 0 aliphatic heterocycles. The molecule has 1 saturated carbocycles. The molecule has 2 N–H and O–H groups in total. The first-order valence-electron chi connectivity index (χ1n) is 7.99. The molecule has 1 amide bonds. The third kappa shape index (κ3) is 2.73. The summed E-state index contributed by atoms with van der Waals surface area (Å²) >= 11 is 1.58. The summed E-state index contributed by atoms with van der Waals surface area (Å²) in [4.78, 5) is 20.6. The smallest absolute Gasteiger partial charge is 0.250 e. The number of pyridine rings is 1. The number of rotatable bonds is 5. The van der Waals surface area contributed by atoms with E-state index in [1.54, 1.807) is 17.5 Å².